The number of likely N-dealkylation sites (tertiary alicyclic amines) is 1. The van der Waals surface area contributed by atoms with Crippen molar-refractivity contribution in [3.05, 3.63) is 65.2 Å². The molecule has 28 heteroatoms. The Morgan fingerprint density at radius 1 is 0.796 bits per heavy atom. The number of hydrogen-bond donors (Lipinski definition) is 2. The number of anilines is 1. The van der Waals surface area contributed by atoms with Crippen LogP contribution in [0.15, 0.2) is 48.5 Å². The molecule has 1 aliphatic heterocycles. The van der Waals surface area contributed by atoms with E-state index in [-0.39, 0.29) is 31.4 Å². The third-order valence-corrected chi connectivity index (χ3v) is 8.22. The summed E-state index contributed by atoms with van der Waals surface area (Å²) in [6, 6.07) is 16.6. The molecule has 1 heterocycles. The molecule has 0 unspecified atom stereocenters. The molecule has 54 heavy (non-hydrogen) atoms. The zero-order chi connectivity index (χ0) is 41.9. The molecule has 0 amide bonds. The van der Waals surface area contributed by atoms with Gasteiger partial charge in [0.1, 0.15) is 0 Å². The number of piperidine rings is 1. The molecular weight excluding hydrogens is 858 g/mol. The maximum Gasteiger partial charge on any atom is 3.00 e. The summed E-state index contributed by atoms with van der Waals surface area (Å²) < 4.78 is 177. The van der Waals surface area contributed by atoms with Crippen LogP contribution in [0.3, 0.4) is 0 Å². The molecule has 0 aliphatic carbocycles. The Kier molecular flexibility index (Phi) is 20.5. The fraction of sp³-hybridized carbons (Fsp3) is 0.462. The monoisotopic (exact) mass is 885 g/mol. The topological polar surface area (TPSA) is 259 Å². The van der Waals surface area contributed by atoms with Crippen molar-refractivity contribution in [1.82, 2.24) is 4.90 Å². The molecule has 1 fully saturated rings. The maximum absolute atomic E-state index is 11.0. The molecule has 0 radical (unpaired) electrons. The van der Waals surface area contributed by atoms with Gasteiger partial charge in [-0.1, -0.05) is 12.1 Å². The van der Waals surface area contributed by atoms with Crippen molar-refractivity contribution in [1.29, 1.82) is 5.26 Å². The van der Waals surface area contributed by atoms with E-state index in [1.54, 1.807) is 24.3 Å². The van der Waals surface area contributed by atoms with Crippen molar-refractivity contribution in [2.24, 2.45) is 0 Å². The molecule has 2 aromatic carbocycles. The van der Waals surface area contributed by atoms with E-state index in [0.717, 1.165) is 31.7 Å². The van der Waals surface area contributed by atoms with Crippen molar-refractivity contribution in [2.45, 2.75) is 41.4 Å². The minimum atomic E-state index is -6.09. The number of alkyl halides is 9. The van der Waals surface area contributed by atoms with Crippen LogP contribution < -0.4 is 4.90 Å². The molecule has 1 aliphatic rings. The number of likely N-dealkylation sites (N-methyl/N-ethyl adjacent to an activating group) is 1. The Morgan fingerprint density at radius 2 is 1.15 bits per heavy atom. The van der Waals surface area contributed by atoms with E-state index in [4.69, 9.17) is 49.3 Å². The third kappa shape index (κ3) is 19.6. The zero-order valence-electron chi connectivity index (χ0n) is 27.1. The van der Waals surface area contributed by atoms with E-state index in [1.165, 1.54) is 5.56 Å². The number of carbonyl (C=O) groups is 1. The average molecular weight is 886 g/mol. The summed E-state index contributed by atoms with van der Waals surface area (Å²) in [6.07, 6.45) is 2.34. The second-order valence-corrected chi connectivity index (χ2v) is 14.6. The van der Waals surface area contributed by atoms with Gasteiger partial charge in [0.25, 0.3) is 0 Å². The number of hydrogen-bond acceptors (Lipinski definition) is 14. The molecule has 1 saturated heterocycles. The Morgan fingerprint density at radius 3 is 1.44 bits per heavy atom. The first kappa shape index (κ1) is 53.2. The number of halogens is 9. The number of carboxylic acids is 1. The van der Waals surface area contributed by atoms with Gasteiger partial charge in [0.15, 0.2) is 30.4 Å². The van der Waals surface area contributed by atoms with Gasteiger partial charge in [-0.05, 0) is 61.2 Å². The number of rotatable bonds is 7. The van der Waals surface area contributed by atoms with Gasteiger partial charge in [0.2, 0.25) is 0 Å². The minimum absolute atomic E-state index is 0. The number of nitrogens with zero attached hydrogens (tertiary/aromatic N) is 3. The predicted molar refractivity (Wildman–Crippen MR) is 159 cm³/mol. The molecule has 0 atom stereocenters. The minimum Gasteiger partial charge on any atom is -0.741 e. The quantitative estimate of drug-likeness (QED) is 0.230. The molecule has 15 nitrogen and oxygen atoms in total. The zero-order valence-corrected chi connectivity index (χ0v) is 31.3. The summed E-state index contributed by atoms with van der Waals surface area (Å²) >= 11 is 0. The van der Waals surface area contributed by atoms with Gasteiger partial charge in [-0.25, -0.2) is 30.0 Å². The number of carboxylic acid groups (broad SMARTS) is 1. The third-order valence-electron chi connectivity index (χ3n) is 6.52. The van der Waals surface area contributed by atoms with Crippen LogP contribution in [0.4, 0.5) is 45.2 Å². The van der Waals surface area contributed by atoms with Gasteiger partial charge in [-0.15, -0.1) is 0 Å². The summed E-state index contributed by atoms with van der Waals surface area (Å²) in [5.41, 5.74) is -14.6. The summed E-state index contributed by atoms with van der Waals surface area (Å²) in [5, 5.41) is 28.9. The van der Waals surface area contributed by atoms with Gasteiger partial charge < -0.3 is 33.7 Å². The van der Waals surface area contributed by atoms with E-state index in [1.807, 2.05) is 36.2 Å². The van der Waals surface area contributed by atoms with Gasteiger partial charge in [0.05, 0.1) is 22.8 Å². The molecular formula is C26H27F9N3O12S3Sc. The Hall–Kier alpha value is -2.91. The van der Waals surface area contributed by atoms with E-state index < -0.39 is 58.4 Å². The number of aromatic carboxylic acids is 1. The molecule has 302 valence electrons. The smallest absolute Gasteiger partial charge is 0.741 e. The average Bonchev–Trinajstić information content (AvgIpc) is 2.99. The van der Waals surface area contributed by atoms with Crippen LogP contribution in [0.5, 0.6) is 0 Å². The molecule has 0 spiro atoms. The fourth-order valence-electron chi connectivity index (χ4n) is 3.78. The fourth-order valence-corrected chi connectivity index (χ4v) is 3.78. The molecule has 2 N–H and O–H groups in total. The number of nitriles is 1. The Labute approximate surface area is 321 Å². The van der Waals surface area contributed by atoms with Gasteiger partial charge >= 0.3 is 48.3 Å². The first-order valence-electron chi connectivity index (χ1n) is 13.7. The van der Waals surface area contributed by atoms with Crippen LogP contribution in [0, 0.1) is 11.3 Å². The van der Waals surface area contributed by atoms with Crippen LogP contribution in [-0.2, 0) is 62.6 Å². The van der Waals surface area contributed by atoms with Crippen LogP contribution in [-0.4, -0.2) is 115 Å². The van der Waals surface area contributed by atoms with E-state index in [2.05, 4.69) is 11.0 Å². The van der Waals surface area contributed by atoms with Crippen molar-refractivity contribution in [2.75, 3.05) is 38.1 Å². The van der Waals surface area contributed by atoms with Crippen LogP contribution in [0.2, 0.25) is 0 Å². The maximum atomic E-state index is 11.0. The summed E-state index contributed by atoms with van der Waals surface area (Å²) in [5.74, 6) is -0.939. The largest absolute Gasteiger partial charge is 3.00 e. The molecule has 0 saturated carbocycles. The summed E-state index contributed by atoms with van der Waals surface area (Å²) in [6.45, 7) is 3.15. The second kappa shape index (κ2) is 20.8. The Balaban J connectivity index is 0. The second-order valence-electron chi connectivity index (χ2n) is 10.5. The van der Waals surface area contributed by atoms with E-state index >= 15 is 0 Å². The summed E-state index contributed by atoms with van der Waals surface area (Å²) in [4.78, 5) is 15.3. The van der Waals surface area contributed by atoms with Crippen molar-refractivity contribution in [3.63, 3.8) is 0 Å². The van der Waals surface area contributed by atoms with Gasteiger partial charge in [0, 0.05) is 38.9 Å². The van der Waals surface area contributed by atoms with E-state index in [0.29, 0.717) is 24.9 Å². The standard InChI is InChI=1S/C23H27N3O3.3CHF3O3S.Sc/c1-25(21-8-6-20(7-9-21)22(27)28)17-23(29)11-14-26(15-12-23)13-10-18-2-4-19(16-24)5-3-18;3*2-1(3,4)8(5,6)7;/h2-9,29H,10-15,17H2,1H3,(H,27,28);3*(H,5,6,7);/q;;;;+3/p-3. The molecule has 0 aromatic heterocycles. The first-order chi connectivity index (χ1) is 23.6. The number of benzene rings is 2. The van der Waals surface area contributed by atoms with Crippen LogP contribution >= 0.6 is 0 Å². The van der Waals surface area contributed by atoms with Gasteiger partial charge in [-0.3, -0.25) is 0 Å². The summed E-state index contributed by atoms with van der Waals surface area (Å²) in [7, 11) is -16.3. The van der Waals surface area contributed by atoms with Crippen LogP contribution in [0.1, 0.15) is 34.3 Å². The van der Waals surface area contributed by atoms with Crippen molar-refractivity contribution in [3.8, 4) is 6.07 Å². The SMILES string of the molecule is CN(CC1(O)CCN(CCc2ccc(C#N)cc2)CC1)c1ccc(C(=O)O)cc1.O=S(=O)([O-])C(F)(F)F.O=S(=O)([O-])C(F)(F)F.O=S(=O)([O-])C(F)(F)F.[Sc+3]. The van der Waals surface area contributed by atoms with E-state index in [9.17, 15) is 49.4 Å². The van der Waals surface area contributed by atoms with Gasteiger partial charge in [-0.2, -0.15) is 44.8 Å². The predicted octanol–water partition coefficient (Wildman–Crippen LogP) is 2.91. The first-order valence-corrected chi connectivity index (χ1v) is 17.9. The van der Waals surface area contributed by atoms with Crippen molar-refractivity contribution >= 4 is 42.0 Å². The molecule has 3 rings (SSSR count). The Bertz CT molecular complexity index is 1760. The normalized spacial score (nSPS) is 14.9. The number of aliphatic hydroxyl groups is 1. The molecule has 0 bridgehead atoms. The van der Waals surface area contributed by atoms with Crippen LogP contribution in [0.25, 0.3) is 0 Å². The van der Waals surface area contributed by atoms with Crippen molar-refractivity contribution < 1.29 is 119 Å². The molecule has 2 aromatic rings.